The Morgan fingerprint density at radius 3 is 2.74 bits per heavy atom. The van der Waals surface area contributed by atoms with Crippen molar-refractivity contribution in [2.45, 2.75) is 32.0 Å². The Labute approximate surface area is 113 Å². The monoisotopic (exact) mass is 264 g/mol. The van der Waals surface area contributed by atoms with Crippen molar-refractivity contribution in [2.24, 2.45) is 5.92 Å². The minimum absolute atomic E-state index is 0.0919. The molecule has 1 heterocycles. The minimum atomic E-state index is -0.892. The molecule has 1 saturated heterocycles. The molecule has 1 aliphatic heterocycles. The van der Waals surface area contributed by atoms with Crippen LogP contribution in [0.5, 0.6) is 0 Å². The third-order valence-electron chi connectivity index (χ3n) is 3.82. The van der Waals surface area contributed by atoms with Crippen molar-refractivity contribution in [3.05, 3.63) is 46.0 Å². The van der Waals surface area contributed by atoms with Crippen LogP contribution in [0.25, 0.3) is 0 Å². The molecule has 0 amide bonds. The van der Waals surface area contributed by atoms with Crippen LogP contribution in [0.4, 0.5) is 0 Å². The van der Waals surface area contributed by atoms with Crippen molar-refractivity contribution in [1.82, 2.24) is 4.90 Å². The van der Waals surface area contributed by atoms with Crippen molar-refractivity contribution in [3.63, 3.8) is 0 Å². The molecule has 5 heteroatoms. The Morgan fingerprint density at radius 2 is 2.11 bits per heavy atom. The Bertz CT molecular complexity index is 424. The van der Waals surface area contributed by atoms with Gasteiger partial charge in [0.2, 0.25) is 6.04 Å². The Morgan fingerprint density at radius 1 is 1.42 bits per heavy atom. The summed E-state index contributed by atoms with van der Waals surface area (Å²) in [5, 5.41) is 21.1. The van der Waals surface area contributed by atoms with E-state index in [1.807, 2.05) is 37.3 Å². The van der Waals surface area contributed by atoms with Crippen LogP contribution in [0.1, 0.15) is 18.9 Å². The first kappa shape index (κ1) is 14.0. The molecule has 0 unspecified atom stereocenters. The maximum Gasteiger partial charge on any atom is 0.242 e. The number of nitro groups is 1. The molecule has 0 saturated carbocycles. The van der Waals surface area contributed by atoms with E-state index in [0.29, 0.717) is 6.54 Å². The van der Waals surface area contributed by atoms with Gasteiger partial charge in [-0.1, -0.05) is 37.3 Å². The molecule has 2 rings (SSSR count). The van der Waals surface area contributed by atoms with Crippen LogP contribution in [-0.2, 0) is 6.54 Å². The highest BCUT2D eigenvalue weighted by molar-refractivity contribution is 5.14. The van der Waals surface area contributed by atoms with Gasteiger partial charge in [0, 0.05) is 23.9 Å². The van der Waals surface area contributed by atoms with Crippen LogP contribution in [0.15, 0.2) is 30.3 Å². The highest BCUT2D eigenvalue weighted by Gasteiger charge is 2.38. The first-order valence-electron chi connectivity index (χ1n) is 6.65. The molecule has 1 aromatic rings. The maximum absolute atomic E-state index is 11.0. The zero-order chi connectivity index (χ0) is 13.8. The average molecular weight is 264 g/mol. The molecule has 0 aromatic heterocycles. The highest BCUT2D eigenvalue weighted by Crippen LogP contribution is 2.21. The van der Waals surface area contributed by atoms with Crippen molar-refractivity contribution >= 4 is 0 Å². The second kappa shape index (κ2) is 6.12. The van der Waals surface area contributed by atoms with Gasteiger partial charge < -0.3 is 5.11 Å². The van der Waals surface area contributed by atoms with Crippen LogP contribution >= 0.6 is 0 Å². The number of rotatable bonds is 3. The summed E-state index contributed by atoms with van der Waals surface area (Å²) in [6, 6.07) is 9.14. The van der Waals surface area contributed by atoms with E-state index in [9.17, 15) is 15.2 Å². The van der Waals surface area contributed by atoms with Crippen molar-refractivity contribution in [3.8, 4) is 0 Å². The minimum Gasteiger partial charge on any atom is -0.385 e. The third-order valence-corrected chi connectivity index (χ3v) is 3.82. The van der Waals surface area contributed by atoms with Crippen molar-refractivity contribution in [2.75, 3.05) is 13.1 Å². The first-order valence-corrected chi connectivity index (χ1v) is 6.65. The summed E-state index contributed by atoms with van der Waals surface area (Å²) in [7, 11) is 0. The highest BCUT2D eigenvalue weighted by atomic mass is 16.6. The number of hydrogen-bond donors (Lipinski definition) is 1. The molecule has 104 valence electrons. The fourth-order valence-electron chi connectivity index (χ4n) is 2.73. The molecule has 1 aliphatic rings. The summed E-state index contributed by atoms with van der Waals surface area (Å²) in [6.07, 6.45) is -0.147. The molecule has 0 aliphatic carbocycles. The lowest BCUT2D eigenvalue weighted by molar-refractivity contribution is -0.542. The SMILES string of the molecule is C[C@@H]1CCN(Cc2ccccc2)C[C@@H](O)[C@@H]1[N+](=O)[O-]. The Hall–Kier alpha value is -1.46. The fourth-order valence-corrected chi connectivity index (χ4v) is 2.73. The molecule has 5 nitrogen and oxygen atoms in total. The van der Waals surface area contributed by atoms with E-state index >= 15 is 0 Å². The smallest absolute Gasteiger partial charge is 0.242 e. The predicted molar refractivity (Wildman–Crippen MR) is 72.3 cm³/mol. The van der Waals surface area contributed by atoms with Gasteiger partial charge in [-0.05, 0) is 18.5 Å². The zero-order valence-electron chi connectivity index (χ0n) is 11.1. The number of benzene rings is 1. The molecule has 19 heavy (non-hydrogen) atoms. The lowest BCUT2D eigenvalue weighted by atomic mass is 9.96. The molecule has 0 radical (unpaired) electrons. The van der Waals surface area contributed by atoms with E-state index in [-0.39, 0.29) is 10.8 Å². The van der Waals surface area contributed by atoms with Gasteiger partial charge in [0.1, 0.15) is 6.10 Å². The Balaban J connectivity index is 2.03. The third kappa shape index (κ3) is 3.52. The van der Waals surface area contributed by atoms with Gasteiger partial charge >= 0.3 is 0 Å². The van der Waals surface area contributed by atoms with E-state index in [2.05, 4.69) is 4.90 Å². The van der Waals surface area contributed by atoms with Crippen LogP contribution in [0, 0.1) is 16.0 Å². The summed E-state index contributed by atoms with van der Waals surface area (Å²) >= 11 is 0. The van der Waals surface area contributed by atoms with Gasteiger partial charge in [-0.2, -0.15) is 0 Å². The second-order valence-electron chi connectivity index (χ2n) is 5.33. The van der Waals surface area contributed by atoms with Crippen LogP contribution < -0.4 is 0 Å². The lowest BCUT2D eigenvalue weighted by Crippen LogP contribution is -2.42. The molecule has 1 aromatic carbocycles. The van der Waals surface area contributed by atoms with Crippen molar-refractivity contribution < 1.29 is 10.0 Å². The number of hydrogen-bond acceptors (Lipinski definition) is 4. The van der Waals surface area contributed by atoms with Gasteiger partial charge in [-0.3, -0.25) is 15.0 Å². The topological polar surface area (TPSA) is 66.6 Å². The van der Waals surface area contributed by atoms with Gasteiger partial charge in [-0.25, -0.2) is 0 Å². The van der Waals surface area contributed by atoms with Gasteiger partial charge in [-0.15, -0.1) is 0 Å². The molecular formula is C14H20N2O3. The molecule has 0 bridgehead atoms. The molecular weight excluding hydrogens is 244 g/mol. The number of aliphatic hydroxyl groups is 1. The van der Waals surface area contributed by atoms with Gasteiger partial charge in [0.25, 0.3) is 0 Å². The summed E-state index contributed by atoms with van der Waals surface area (Å²) in [4.78, 5) is 12.8. The number of aliphatic hydroxyl groups excluding tert-OH is 1. The van der Waals surface area contributed by atoms with E-state index < -0.39 is 12.1 Å². The first-order chi connectivity index (χ1) is 9.08. The predicted octanol–water partition coefficient (Wildman–Crippen LogP) is 1.53. The van der Waals surface area contributed by atoms with E-state index in [4.69, 9.17) is 0 Å². The van der Waals surface area contributed by atoms with Crippen LogP contribution in [0.2, 0.25) is 0 Å². The number of β-amino-alcohol motifs (C(OH)–C–C–N with tert-alkyl or cyclic N) is 1. The zero-order valence-corrected chi connectivity index (χ0v) is 11.1. The maximum atomic E-state index is 11.0. The molecule has 0 spiro atoms. The summed E-state index contributed by atoms with van der Waals surface area (Å²) in [6.45, 7) is 3.74. The molecule has 3 atom stereocenters. The van der Waals surface area contributed by atoms with Crippen LogP contribution in [-0.4, -0.2) is 40.2 Å². The molecule has 1 fully saturated rings. The van der Waals surface area contributed by atoms with Crippen LogP contribution in [0.3, 0.4) is 0 Å². The largest absolute Gasteiger partial charge is 0.385 e. The van der Waals surface area contributed by atoms with E-state index in [0.717, 1.165) is 19.5 Å². The number of nitrogens with zero attached hydrogens (tertiary/aromatic N) is 2. The normalized spacial score (nSPS) is 28.8. The lowest BCUT2D eigenvalue weighted by Gasteiger charge is -2.22. The summed E-state index contributed by atoms with van der Waals surface area (Å²) < 4.78 is 0. The van der Waals surface area contributed by atoms with E-state index in [1.54, 1.807) is 0 Å². The Kier molecular flexibility index (Phi) is 4.50. The average Bonchev–Trinajstić information content (AvgIpc) is 2.49. The van der Waals surface area contributed by atoms with E-state index in [1.165, 1.54) is 5.56 Å². The quantitative estimate of drug-likeness (QED) is 0.664. The number of likely N-dealkylation sites (tertiary alicyclic amines) is 1. The summed E-state index contributed by atoms with van der Waals surface area (Å²) in [5.41, 5.74) is 1.17. The standard InChI is InChI=1S/C14H20N2O3/c1-11-7-8-15(9-12-5-3-2-4-6-12)10-13(17)14(11)16(18)19/h2-6,11,13-14,17H,7-10H2,1H3/t11-,13-,14-/m1/s1. The second-order valence-corrected chi connectivity index (χ2v) is 5.33. The fraction of sp³-hybridized carbons (Fsp3) is 0.571. The van der Waals surface area contributed by atoms with Gasteiger partial charge in [0.05, 0.1) is 0 Å². The van der Waals surface area contributed by atoms with Crippen molar-refractivity contribution in [1.29, 1.82) is 0 Å². The van der Waals surface area contributed by atoms with Gasteiger partial charge in [0.15, 0.2) is 0 Å². The molecule has 1 N–H and O–H groups in total. The summed E-state index contributed by atoms with van der Waals surface area (Å²) in [5.74, 6) is -0.0919.